The van der Waals surface area contributed by atoms with Crippen LogP contribution in [0.3, 0.4) is 0 Å². The van der Waals surface area contributed by atoms with Gasteiger partial charge in [0, 0.05) is 19.8 Å². The van der Waals surface area contributed by atoms with Crippen molar-refractivity contribution < 1.29 is 13.9 Å². The molecule has 0 radical (unpaired) electrons. The van der Waals surface area contributed by atoms with E-state index in [9.17, 15) is 4.39 Å². The van der Waals surface area contributed by atoms with Crippen LogP contribution in [0.25, 0.3) is 0 Å². The van der Waals surface area contributed by atoms with Crippen molar-refractivity contribution in [3.05, 3.63) is 29.6 Å². The fraction of sp³-hybridized carbons (Fsp3) is 0.571. The normalized spacial score (nSPS) is 19.1. The second-order valence-corrected chi connectivity index (χ2v) is 4.66. The molecule has 0 bridgehead atoms. The van der Waals surface area contributed by atoms with Crippen LogP contribution >= 0.6 is 0 Å². The highest BCUT2D eigenvalue weighted by molar-refractivity contribution is 5.29. The Morgan fingerprint density at radius 2 is 2.39 bits per heavy atom. The quantitative estimate of drug-likeness (QED) is 0.789. The lowest BCUT2D eigenvalue weighted by atomic mass is 10.1. The van der Waals surface area contributed by atoms with E-state index in [1.807, 2.05) is 6.07 Å². The van der Waals surface area contributed by atoms with Gasteiger partial charge in [-0.15, -0.1) is 0 Å². The van der Waals surface area contributed by atoms with Gasteiger partial charge in [0.25, 0.3) is 0 Å². The van der Waals surface area contributed by atoms with E-state index >= 15 is 0 Å². The lowest BCUT2D eigenvalue weighted by molar-refractivity contribution is 0.184. The molecule has 4 heteroatoms. The van der Waals surface area contributed by atoms with Gasteiger partial charge in [0.1, 0.15) is 0 Å². The minimum atomic E-state index is -0.305. The Balaban J connectivity index is 1.71. The van der Waals surface area contributed by atoms with E-state index in [1.54, 1.807) is 6.07 Å². The van der Waals surface area contributed by atoms with Gasteiger partial charge in [0.15, 0.2) is 11.6 Å². The molecule has 18 heavy (non-hydrogen) atoms. The van der Waals surface area contributed by atoms with E-state index in [2.05, 4.69) is 5.32 Å². The van der Waals surface area contributed by atoms with Gasteiger partial charge in [-0.3, -0.25) is 0 Å². The minimum absolute atomic E-state index is 0.293. The predicted octanol–water partition coefficient (Wildman–Crippen LogP) is 2.35. The molecule has 0 aliphatic carbocycles. The van der Waals surface area contributed by atoms with Crippen LogP contribution in [0.4, 0.5) is 4.39 Å². The van der Waals surface area contributed by atoms with E-state index in [4.69, 9.17) is 9.47 Å². The zero-order chi connectivity index (χ0) is 12.8. The van der Waals surface area contributed by atoms with Crippen LogP contribution in [0.1, 0.15) is 18.4 Å². The SMILES string of the molecule is COc1ccc(CNCCC2CCOC2)cc1F. The number of nitrogens with one attached hydrogen (secondary N) is 1. The van der Waals surface area contributed by atoms with Crippen LogP contribution in [0.15, 0.2) is 18.2 Å². The molecule has 0 aromatic heterocycles. The average Bonchev–Trinajstić information content (AvgIpc) is 2.88. The molecule has 1 aromatic rings. The maximum absolute atomic E-state index is 13.4. The summed E-state index contributed by atoms with van der Waals surface area (Å²) in [7, 11) is 1.47. The maximum atomic E-state index is 13.4. The van der Waals surface area contributed by atoms with Crippen LogP contribution in [-0.2, 0) is 11.3 Å². The second kappa shape index (κ2) is 6.71. The third-order valence-corrected chi connectivity index (χ3v) is 3.30. The Morgan fingerprint density at radius 1 is 1.50 bits per heavy atom. The second-order valence-electron chi connectivity index (χ2n) is 4.66. The number of halogens is 1. The zero-order valence-corrected chi connectivity index (χ0v) is 10.7. The molecule has 3 nitrogen and oxygen atoms in total. The molecule has 1 aliphatic rings. The van der Waals surface area contributed by atoms with E-state index in [0.717, 1.165) is 31.7 Å². The van der Waals surface area contributed by atoms with E-state index in [-0.39, 0.29) is 5.82 Å². The Kier molecular flexibility index (Phi) is 4.96. The van der Waals surface area contributed by atoms with Gasteiger partial charge in [-0.25, -0.2) is 4.39 Å². The van der Waals surface area contributed by atoms with Crippen molar-refractivity contribution in [3.8, 4) is 5.75 Å². The summed E-state index contributed by atoms with van der Waals surface area (Å²) >= 11 is 0. The summed E-state index contributed by atoms with van der Waals surface area (Å²) in [5, 5.41) is 3.33. The summed E-state index contributed by atoms with van der Waals surface area (Å²) < 4.78 is 23.6. The number of hydrogen-bond donors (Lipinski definition) is 1. The molecule has 1 fully saturated rings. The lowest BCUT2D eigenvalue weighted by Gasteiger charge is -2.09. The highest BCUT2D eigenvalue weighted by atomic mass is 19.1. The fourth-order valence-corrected chi connectivity index (χ4v) is 2.17. The van der Waals surface area contributed by atoms with E-state index in [0.29, 0.717) is 18.2 Å². The van der Waals surface area contributed by atoms with Gasteiger partial charge in [-0.05, 0) is 43.0 Å². The monoisotopic (exact) mass is 253 g/mol. The largest absolute Gasteiger partial charge is 0.494 e. The van der Waals surface area contributed by atoms with Crippen LogP contribution in [0, 0.1) is 11.7 Å². The Labute approximate surface area is 107 Å². The summed E-state index contributed by atoms with van der Waals surface area (Å²) in [5.41, 5.74) is 0.941. The highest BCUT2D eigenvalue weighted by Gasteiger charge is 2.14. The highest BCUT2D eigenvalue weighted by Crippen LogP contribution is 2.18. The molecule has 1 unspecified atom stereocenters. The molecular formula is C14H20FNO2. The first-order chi connectivity index (χ1) is 8.79. The number of methoxy groups -OCH3 is 1. The number of hydrogen-bond acceptors (Lipinski definition) is 3. The number of ether oxygens (including phenoxy) is 2. The molecule has 1 aromatic carbocycles. The van der Waals surface area contributed by atoms with Gasteiger partial charge >= 0.3 is 0 Å². The van der Waals surface area contributed by atoms with Gasteiger partial charge in [0.05, 0.1) is 7.11 Å². The van der Waals surface area contributed by atoms with Crippen molar-refractivity contribution in [2.24, 2.45) is 5.92 Å². The molecule has 1 aliphatic heterocycles. The van der Waals surface area contributed by atoms with Crippen molar-refractivity contribution in [1.82, 2.24) is 5.32 Å². The first kappa shape index (κ1) is 13.3. The molecule has 1 saturated heterocycles. The zero-order valence-electron chi connectivity index (χ0n) is 10.7. The third kappa shape index (κ3) is 3.68. The summed E-state index contributed by atoms with van der Waals surface area (Å²) in [5.74, 6) is 0.674. The Bertz CT molecular complexity index is 378. The van der Waals surface area contributed by atoms with Crippen LogP contribution in [0.5, 0.6) is 5.75 Å². The van der Waals surface area contributed by atoms with Crippen molar-refractivity contribution in [2.75, 3.05) is 26.9 Å². The summed E-state index contributed by atoms with van der Waals surface area (Å²) in [6, 6.07) is 5.06. The van der Waals surface area contributed by atoms with Crippen LogP contribution < -0.4 is 10.1 Å². The molecule has 1 atom stereocenters. The van der Waals surface area contributed by atoms with Gasteiger partial charge in [0.2, 0.25) is 0 Å². The van der Waals surface area contributed by atoms with Gasteiger partial charge in [-0.1, -0.05) is 6.07 Å². The number of benzene rings is 1. The standard InChI is InChI=1S/C14H20FNO2/c1-17-14-3-2-12(8-13(14)15)9-16-6-4-11-5-7-18-10-11/h2-3,8,11,16H,4-7,9-10H2,1H3. The summed E-state index contributed by atoms with van der Waals surface area (Å²) in [6.45, 7) is 3.42. The molecule has 0 spiro atoms. The van der Waals surface area contributed by atoms with E-state index < -0.39 is 0 Å². The van der Waals surface area contributed by atoms with E-state index in [1.165, 1.54) is 19.6 Å². The third-order valence-electron chi connectivity index (χ3n) is 3.30. The molecule has 2 rings (SSSR count). The molecule has 100 valence electrons. The maximum Gasteiger partial charge on any atom is 0.165 e. The Hall–Kier alpha value is -1.13. The average molecular weight is 253 g/mol. The lowest BCUT2D eigenvalue weighted by Crippen LogP contribution is -2.18. The predicted molar refractivity (Wildman–Crippen MR) is 68.2 cm³/mol. The molecular weight excluding hydrogens is 233 g/mol. The van der Waals surface area contributed by atoms with Crippen LogP contribution in [-0.4, -0.2) is 26.9 Å². The Morgan fingerprint density at radius 3 is 3.06 bits per heavy atom. The summed E-state index contributed by atoms with van der Waals surface area (Å²) in [6.07, 6.45) is 2.29. The van der Waals surface area contributed by atoms with Crippen molar-refractivity contribution >= 4 is 0 Å². The smallest absolute Gasteiger partial charge is 0.165 e. The van der Waals surface area contributed by atoms with Crippen molar-refractivity contribution in [1.29, 1.82) is 0 Å². The number of rotatable bonds is 6. The van der Waals surface area contributed by atoms with Gasteiger partial charge < -0.3 is 14.8 Å². The van der Waals surface area contributed by atoms with Crippen LogP contribution in [0.2, 0.25) is 0 Å². The fourth-order valence-electron chi connectivity index (χ4n) is 2.17. The van der Waals surface area contributed by atoms with Crippen molar-refractivity contribution in [2.45, 2.75) is 19.4 Å². The molecule has 0 amide bonds. The summed E-state index contributed by atoms with van der Waals surface area (Å²) in [4.78, 5) is 0. The topological polar surface area (TPSA) is 30.5 Å². The first-order valence-electron chi connectivity index (χ1n) is 6.40. The van der Waals surface area contributed by atoms with Gasteiger partial charge in [-0.2, -0.15) is 0 Å². The molecule has 1 heterocycles. The molecule has 1 N–H and O–H groups in total. The minimum Gasteiger partial charge on any atom is -0.494 e. The first-order valence-corrected chi connectivity index (χ1v) is 6.40. The van der Waals surface area contributed by atoms with Crippen molar-refractivity contribution in [3.63, 3.8) is 0 Å². The molecule has 0 saturated carbocycles.